The first kappa shape index (κ1) is 12.0. The summed E-state index contributed by atoms with van der Waals surface area (Å²) in [5, 5.41) is 8.75. The van der Waals surface area contributed by atoms with Crippen molar-refractivity contribution >= 4 is 50.3 Å². The zero-order chi connectivity index (χ0) is 12.7. The SMILES string of the molecule is CC(Br)c1cn(-c2c(Cl)ccc3nsnc23)nn1. The standard InChI is InChI=1S/C10H7BrClN5S/c1-5(11)8-4-17(16-13-8)10-6(12)2-3-7-9(10)15-18-14-7/h2-5H,1H3. The minimum absolute atomic E-state index is 0.137. The number of halogens is 2. The summed E-state index contributed by atoms with van der Waals surface area (Å²) in [4.78, 5) is 0.137. The Morgan fingerprint density at radius 3 is 2.94 bits per heavy atom. The molecule has 0 aliphatic heterocycles. The molecular weight excluding hydrogens is 338 g/mol. The van der Waals surface area contributed by atoms with Crippen molar-refractivity contribution in [3.8, 4) is 5.69 Å². The maximum atomic E-state index is 6.22. The Morgan fingerprint density at radius 2 is 2.22 bits per heavy atom. The number of benzene rings is 1. The molecule has 0 spiro atoms. The van der Waals surface area contributed by atoms with Crippen LogP contribution in [0.1, 0.15) is 17.4 Å². The highest BCUT2D eigenvalue weighted by molar-refractivity contribution is 9.09. The second kappa shape index (κ2) is 4.56. The fourth-order valence-corrected chi connectivity index (χ4v) is 2.59. The van der Waals surface area contributed by atoms with Crippen LogP contribution in [0.4, 0.5) is 0 Å². The van der Waals surface area contributed by atoms with Gasteiger partial charge in [0.15, 0.2) is 0 Å². The Balaban J connectivity index is 2.23. The van der Waals surface area contributed by atoms with Crippen LogP contribution in [0.2, 0.25) is 5.02 Å². The lowest BCUT2D eigenvalue weighted by Gasteiger charge is -2.03. The van der Waals surface area contributed by atoms with Crippen LogP contribution < -0.4 is 0 Å². The van der Waals surface area contributed by atoms with Crippen LogP contribution in [0.3, 0.4) is 0 Å². The molecule has 2 heterocycles. The average molecular weight is 345 g/mol. The molecule has 0 aliphatic rings. The van der Waals surface area contributed by atoms with Crippen LogP contribution in [0.15, 0.2) is 18.3 Å². The van der Waals surface area contributed by atoms with E-state index >= 15 is 0 Å². The van der Waals surface area contributed by atoms with Crippen molar-refractivity contribution in [3.63, 3.8) is 0 Å². The smallest absolute Gasteiger partial charge is 0.132 e. The van der Waals surface area contributed by atoms with Crippen molar-refractivity contribution < 1.29 is 0 Å². The first-order valence-electron chi connectivity index (χ1n) is 5.14. The van der Waals surface area contributed by atoms with Crippen molar-refractivity contribution in [3.05, 3.63) is 29.0 Å². The van der Waals surface area contributed by atoms with Gasteiger partial charge in [0.2, 0.25) is 0 Å². The highest BCUT2D eigenvalue weighted by Crippen LogP contribution is 2.29. The molecule has 0 aliphatic carbocycles. The van der Waals surface area contributed by atoms with Crippen LogP contribution in [-0.4, -0.2) is 23.7 Å². The van der Waals surface area contributed by atoms with E-state index in [1.165, 1.54) is 0 Å². The molecule has 92 valence electrons. The van der Waals surface area contributed by atoms with E-state index < -0.39 is 0 Å². The normalized spacial score (nSPS) is 13.1. The molecule has 18 heavy (non-hydrogen) atoms. The molecule has 5 nitrogen and oxygen atoms in total. The third kappa shape index (κ3) is 1.92. The van der Waals surface area contributed by atoms with Crippen LogP contribution in [0.5, 0.6) is 0 Å². The van der Waals surface area contributed by atoms with Gasteiger partial charge in [-0.15, -0.1) is 5.10 Å². The summed E-state index contributed by atoms with van der Waals surface area (Å²) >= 11 is 10.8. The van der Waals surface area contributed by atoms with E-state index in [1.807, 2.05) is 19.2 Å². The van der Waals surface area contributed by atoms with E-state index in [-0.39, 0.29) is 4.83 Å². The van der Waals surface area contributed by atoms with E-state index in [0.29, 0.717) is 5.02 Å². The molecule has 8 heteroatoms. The maximum absolute atomic E-state index is 6.22. The number of fused-ring (bicyclic) bond motifs is 1. The van der Waals surface area contributed by atoms with E-state index in [9.17, 15) is 0 Å². The van der Waals surface area contributed by atoms with Crippen molar-refractivity contribution in [2.45, 2.75) is 11.8 Å². The zero-order valence-corrected chi connectivity index (χ0v) is 12.4. The zero-order valence-electron chi connectivity index (χ0n) is 9.21. The largest absolute Gasteiger partial charge is 0.217 e. The Kier molecular flexibility index (Phi) is 3.04. The third-order valence-corrected chi connectivity index (χ3v) is 3.82. The first-order chi connectivity index (χ1) is 8.66. The lowest BCUT2D eigenvalue weighted by atomic mass is 10.2. The van der Waals surface area contributed by atoms with Gasteiger partial charge in [-0.25, -0.2) is 4.68 Å². The molecule has 0 saturated carbocycles. The molecule has 3 rings (SSSR count). The molecular formula is C10H7BrClN5S. The van der Waals surface area contributed by atoms with Gasteiger partial charge in [0.25, 0.3) is 0 Å². The number of rotatable bonds is 2. The number of nitrogens with zero attached hydrogens (tertiary/aromatic N) is 5. The Bertz CT molecular complexity index is 707. The molecule has 0 amide bonds. The van der Waals surface area contributed by atoms with Gasteiger partial charge in [-0.05, 0) is 19.1 Å². The number of hydrogen-bond donors (Lipinski definition) is 0. The van der Waals surface area contributed by atoms with Gasteiger partial charge in [-0.3, -0.25) is 0 Å². The summed E-state index contributed by atoms with van der Waals surface area (Å²) in [6, 6.07) is 3.63. The Hall–Kier alpha value is -1.05. The average Bonchev–Trinajstić information content (AvgIpc) is 2.95. The minimum atomic E-state index is 0.137. The Morgan fingerprint density at radius 1 is 1.39 bits per heavy atom. The van der Waals surface area contributed by atoms with Gasteiger partial charge in [-0.1, -0.05) is 32.7 Å². The van der Waals surface area contributed by atoms with E-state index in [4.69, 9.17) is 11.6 Å². The quantitative estimate of drug-likeness (QED) is 0.669. The van der Waals surface area contributed by atoms with Crippen molar-refractivity contribution in [1.29, 1.82) is 0 Å². The fraction of sp³-hybridized carbons (Fsp3) is 0.200. The lowest BCUT2D eigenvalue weighted by Crippen LogP contribution is -1.97. The summed E-state index contributed by atoms with van der Waals surface area (Å²) in [5.74, 6) is 0. The molecule has 1 aromatic carbocycles. The predicted octanol–water partition coefficient (Wildman–Crippen LogP) is 3.38. The summed E-state index contributed by atoms with van der Waals surface area (Å²) in [5.41, 5.74) is 3.11. The van der Waals surface area contributed by atoms with Gasteiger partial charge in [0.1, 0.15) is 16.7 Å². The Labute approximate surface area is 120 Å². The molecule has 0 N–H and O–H groups in total. The van der Waals surface area contributed by atoms with Gasteiger partial charge in [-0.2, -0.15) is 8.75 Å². The van der Waals surface area contributed by atoms with Crippen LogP contribution in [0.25, 0.3) is 16.7 Å². The number of hydrogen-bond acceptors (Lipinski definition) is 5. The van der Waals surface area contributed by atoms with Crippen LogP contribution >= 0.6 is 39.3 Å². The molecule has 0 radical (unpaired) electrons. The molecule has 3 aromatic rings. The van der Waals surface area contributed by atoms with E-state index in [1.54, 1.807) is 10.7 Å². The van der Waals surface area contributed by atoms with E-state index in [0.717, 1.165) is 34.1 Å². The molecule has 0 fully saturated rings. The van der Waals surface area contributed by atoms with Gasteiger partial charge in [0, 0.05) is 0 Å². The van der Waals surface area contributed by atoms with E-state index in [2.05, 4.69) is 35.0 Å². The molecule has 1 atom stereocenters. The molecule has 1 unspecified atom stereocenters. The summed E-state index contributed by atoms with van der Waals surface area (Å²) in [7, 11) is 0. The van der Waals surface area contributed by atoms with Gasteiger partial charge in [0.05, 0.1) is 33.5 Å². The highest BCUT2D eigenvalue weighted by Gasteiger charge is 2.15. The van der Waals surface area contributed by atoms with Crippen molar-refractivity contribution in [2.75, 3.05) is 0 Å². The number of aromatic nitrogens is 5. The predicted molar refractivity (Wildman–Crippen MR) is 74.7 cm³/mol. The first-order valence-corrected chi connectivity index (χ1v) is 7.16. The fourth-order valence-electron chi connectivity index (χ4n) is 1.60. The van der Waals surface area contributed by atoms with Gasteiger partial charge < -0.3 is 0 Å². The van der Waals surface area contributed by atoms with Crippen LogP contribution in [-0.2, 0) is 0 Å². The maximum Gasteiger partial charge on any atom is 0.132 e. The topological polar surface area (TPSA) is 56.5 Å². The highest BCUT2D eigenvalue weighted by atomic mass is 79.9. The molecule has 0 bridgehead atoms. The van der Waals surface area contributed by atoms with Crippen molar-refractivity contribution in [2.24, 2.45) is 0 Å². The van der Waals surface area contributed by atoms with Gasteiger partial charge >= 0.3 is 0 Å². The third-order valence-electron chi connectivity index (χ3n) is 2.50. The van der Waals surface area contributed by atoms with Crippen LogP contribution in [0, 0.1) is 0 Å². The number of alkyl halides is 1. The van der Waals surface area contributed by atoms with Crippen molar-refractivity contribution in [1.82, 2.24) is 23.7 Å². The lowest BCUT2D eigenvalue weighted by molar-refractivity contribution is 0.801. The minimum Gasteiger partial charge on any atom is -0.217 e. The second-order valence-corrected chi connectivity index (χ2v) is 6.04. The molecule has 2 aromatic heterocycles. The summed E-state index contributed by atoms with van der Waals surface area (Å²) < 4.78 is 10.1. The monoisotopic (exact) mass is 343 g/mol. The molecule has 0 saturated heterocycles. The summed E-state index contributed by atoms with van der Waals surface area (Å²) in [6.07, 6.45) is 1.83. The second-order valence-electron chi connectivity index (χ2n) is 3.73. The summed E-state index contributed by atoms with van der Waals surface area (Å²) in [6.45, 7) is 1.99.